The first-order chi connectivity index (χ1) is 13.8. The highest BCUT2D eigenvalue weighted by Gasteiger charge is 2.14. The Morgan fingerprint density at radius 1 is 1.13 bits per heavy atom. The molecule has 30 heavy (non-hydrogen) atoms. The average molecular weight is 449 g/mol. The number of unbranched alkanes of at least 4 members (excludes halogenated alkanes) is 1. The number of halogens is 2. The Hall–Kier alpha value is -2.08. The van der Waals surface area contributed by atoms with Gasteiger partial charge in [0.25, 0.3) is 5.56 Å². The lowest BCUT2D eigenvalue weighted by molar-refractivity contribution is 0.480. The summed E-state index contributed by atoms with van der Waals surface area (Å²) < 4.78 is 1.78. The Labute approximate surface area is 190 Å². The SMILES string of the molecule is CCCCc1nc2ccccc2c(=O)n1-c1ccc(NC2CCCNC2)cc1.Cl.Cl. The van der Waals surface area contributed by atoms with Crippen LogP contribution < -0.4 is 16.2 Å². The third kappa shape index (κ3) is 5.34. The topological polar surface area (TPSA) is 59.0 Å². The van der Waals surface area contributed by atoms with Gasteiger partial charge in [-0.2, -0.15) is 0 Å². The molecule has 3 aromatic rings. The van der Waals surface area contributed by atoms with E-state index in [1.807, 2.05) is 36.4 Å². The summed E-state index contributed by atoms with van der Waals surface area (Å²) in [7, 11) is 0. The summed E-state index contributed by atoms with van der Waals surface area (Å²) in [5.74, 6) is 0.836. The van der Waals surface area contributed by atoms with Gasteiger partial charge < -0.3 is 10.6 Å². The van der Waals surface area contributed by atoms with Crippen LogP contribution in [0.3, 0.4) is 0 Å². The molecule has 162 valence electrons. The second-order valence-electron chi connectivity index (χ2n) is 7.52. The van der Waals surface area contributed by atoms with Gasteiger partial charge in [0.15, 0.2) is 0 Å². The molecule has 1 unspecified atom stereocenters. The molecule has 4 rings (SSSR count). The normalized spacial score (nSPS) is 15.8. The van der Waals surface area contributed by atoms with Crippen molar-refractivity contribution in [2.45, 2.75) is 45.1 Å². The molecule has 1 aromatic heterocycles. The number of nitrogens with zero attached hydrogens (tertiary/aromatic N) is 2. The lowest BCUT2D eigenvalue weighted by Crippen LogP contribution is -2.38. The third-order valence-electron chi connectivity index (χ3n) is 5.39. The second kappa shape index (κ2) is 11.3. The Bertz CT molecular complexity index is 998. The Morgan fingerprint density at radius 2 is 1.90 bits per heavy atom. The van der Waals surface area contributed by atoms with Crippen LogP contribution in [0.15, 0.2) is 53.3 Å². The van der Waals surface area contributed by atoms with E-state index in [1.54, 1.807) is 4.57 Å². The number of hydrogen-bond acceptors (Lipinski definition) is 4. The maximum absolute atomic E-state index is 13.2. The standard InChI is InChI=1S/C23H28N4O.2ClH/c1-2-3-10-22-26-21-9-5-4-8-20(21)23(28)27(22)19-13-11-17(12-14-19)25-18-7-6-15-24-16-18;;/h4-5,8-9,11-14,18,24-25H,2-3,6-7,10,15-16H2,1H3;2*1H. The molecule has 0 aliphatic carbocycles. The molecule has 2 heterocycles. The van der Waals surface area contributed by atoms with Crippen LogP contribution in [0.4, 0.5) is 5.69 Å². The van der Waals surface area contributed by atoms with Crippen LogP contribution in [-0.4, -0.2) is 28.7 Å². The van der Waals surface area contributed by atoms with Crippen molar-refractivity contribution in [3.05, 3.63) is 64.7 Å². The molecule has 0 radical (unpaired) electrons. The summed E-state index contributed by atoms with van der Waals surface area (Å²) in [4.78, 5) is 18.0. The molecule has 1 aliphatic heterocycles. The number of hydrogen-bond donors (Lipinski definition) is 2. The van der Waals surface area contributed by atoms with E-state index in [4.69, 9.17) is 4.98 Å². The molecule has 7 heteroatoms. The largest absolute Gasteiger partial charge is 0.381 e. The highest BCUT2D eigenvalue weighted by Crippen LogP contribution is 2.18. The molecule has 1 fully saturated rings. The maximum atomic E-state index is 13.2. The number of para-hydroxylation sites is 1. The van der Waals surface area contributed by atoms with Gasteiger partial charge in [0, 0.05) is 24.7 Å². The molecular formula is C23H30Cl2N4O. The third-order valence-corrected chi connectivity index (χ3v) is 5.39. The first-order valence-corrected chi connectivity index (χ1v) is 10.3. The van der Waals surface area contributed by atoms with E-state index < -0.39 is 0 Å². The summed E-state index contributed by atoms with van der Waals surface area (Å²) in [5.41, 5.74) is 2.75. The van der Waals surface area contributed by atoms with Crippen molar-refractivity contribution in [3.63, 3.8) is 0 Å². The minimum atomic E-state index is 0. The summed E-state index contributed by atoms with van der Waals surface area (Å²) in [6.07, 6.45) is 5.27. The fraction of sp³-hybridized carbons (Fsp3) is 0.391. The zero-order chi connectivity index (χ0) is 19.3. The van der Waals surface area contributed by atoms with Crippen molar-refractivity contribution >= 4 is 41.4 Å². The first-order valence-electron chi connectivity index (χ1n) is 10.3. The van der Waals surface area contributed by atoms with Crippen LogP contribution in [0.1, 0.15) is 38.4 Å². The Balaban J connectivity index is 0.00000160. The van der Waals surface area contributed by atoms with E-state index in [-0.39, 0.29) is 30.4 Å². The highest BCUT2D eigenvalue weighted by molar-refractivity contribution is 5.85. The van der Waals surface area contributed by atoms with Crippen LogP contribution in [0, 0.1) is 0 Å². The fourth-order valence-corrected chi connectivity index (χ4v) is 3.87. The van der Waals surface area contributed by atoms with E-state index in [0.29, 0.717) is 11.4 Å². The quantitative estimate of drug-likeness (QED) is 0.571. The van der Waals surface area contributed by atoms with Crippen LogP contribution in [-0.2, 0) is 6.42 Å². The number of rotatable bonds is 6. The maximum Gasteiger partial charge on any atom is 0.265 e. The number of aromatic nitrogens is 2. The van der Waals surface area contributed by atoms with Gasteiger partial charge in [-0.05, 0) is 62.2 Å². The van der Waals surface area contributed by atoms with E-state index in [9.17, 15) is 4.79 Å². The van der Waals surface area contributed by atoms with Gasteiger partial charge in [-0.15, -0.1) is 24.8 Å². The number of nitrogens with one attached hydrogen (secondary N) is 2. The van der Waals surface area contributed by atoms with Gasteiger partial charge in [-0.25, -0.2) is 4.98 Å². The van der Waals surface area contributed by atoms with Crippen molar-refractivity contribution in [1.82, 2.24) is 14.9 Å². The zero-order valence-electron chi connectivity index (χ0n) is 17.3. The molecule has 2 aromatic carbocycles. The number of benzene rings is 2. The van der Waals surface area contributed by atoms with Gasteiger partial charge in [0.05, 0.1) is 16.6 Å². The van der Waals surface area contributed by atoms with Gasteiger partial charge in [0.2, 0.25) is 0 Å². The van der Waals surface area contributed by atoms with Gasteiger partial charge >= 0.3 is 0 Å². The minimum Gasteiger partial charge on any atom is -0.381 e. The van der Waals surface area contributed by atoms with Gasteiger partial charge in [-0.1, -0.05) is 25.5 Å². The molecule has 0 bridgehead atoms. The molecule has 1 aliphatic rings. The van der Waals surface area contributed by atoms with E-state index in [0.717, 1.165) is 55.1 Å². The average Bonchev–Trinajstić information content (AvgIpc) is 2.74. The van der Waals surface area contributed by atoms with Crippen molar-refractivity contribution in [3.8, 4) is 5.69 Å². The lowest BCUT2D eigenvalue weighted by atomic mass is 10.1. The summed E-state index contributed by atoms with van der Waals surface area (Å²) in [6, 6.07) is 16.2. The Kier molecular flexibility index (Phi) is 9.15. The lowest BCUT2D eigenvalue weighted by Gasteiger charge is -2.25. The predicted molar refractivity (Wildman–Crippen MR) is 130 cm³/mol. The smallest absolute Gasteiger partial charge is 0.265 e. The molecule has 0 amide bonds. The molecule has 1 saturated heterocycles. The van der Waals surface area contributed by atoms with Crippen LogP contribution in [0.5, 0.6) is 0 Å². The Morgan fingerprint density at radius 3 is 2.60 bits per heavy atom. The number of aryl methyl sites for hydroxylation is 1. The fourth-order valence-electron chi connectivity index (χ4n) is 3.87. The van der Waals surface area contributed by atoms with E-state index in [1.165, 1.54) is 12.8 Å². The van der Waals surface area contributed by atoms with Crippen molar-refractivity contribution in [2.75, 3.05) is 18.4 Å². The molecule has 1 atom stereocenters. The first kappa shape index (κ1) is 24.2. The van der Waals surface area contributed by atoms with Crippen LogP contribution in [0.25, 0.3) is 16.6 Å². The molecule has 0 spiro atoms. The molecule has 2 N–H and O–H groups in total. The second-order valence-corrected chi connectivity index (χ2v) is 7.52. The monoisotopic (exact) mass is 448 g/mol. The van der Waals surface area contributed by atoms with Crippen LogP contribution >= 0.6 is 24.8 Å². The van der Waals surface area contributed by atoms with E-state index in [2.05, 4.69) is 29.7 Å². The van der Waals surface area contributed by atoms with Gasteiger partial charge in [-0.3, -0.25) is 9.36 Å². The zero-order valence-corrected chi connectivity index (χ0v) is 18.9. The molecule has 5 nitrogen and oxygen atoms in total. The van der Waals surface area contributed by atoms with Crippen LogP contribution in [0.2, 0.25) is 0 Å². The van der Waals surface area contributed by atoms with Crippen molar-refractivity contribution in [2.24, 2.45) is 0 Å². The molecular weight excluding hydrogens is 419 g/mol. The highest BCUT2D eigenvalue weighted by atomic mass is 35.5. The predicted octanol–water partition coefficient (Wildman–Crippen LogP) is 4.74. The number of fused-ring (bicyclic) bond motifs is 1. The number of piperidine rings is 1. The van der Waals surface area contributed by atoms with Crippen molar-refractivity contribution < 1.29 is 0 Å². The van der Waals surface area contributed by atoms with Crippen molar-refractivity contribution in [1.29, 1.82) is 0 Å². The minimum absolute atomic E-state index is 0. The molecule has 0 saturated carbocycles. The summed E-state index contributed by atoms with van der Waals surface area (Å²) in [5, 5.41) is 7.68. The van der Waals surface area contributed by atoms with Gasteiger partial charge in [0.1, 0.15) is 5.82 Å². The number of anilines is 1. The summed E-state index contributed by atoms with van der Waals surface area (Å²) in [6.45, 7) is 4.26. The summed E-state index contributed by atoms with van der Waals surface area (Å²) >= 11 is 0. The van der Waals surface area contributed by atoms with E-state index >= 15 is 0 Å².